The maximum absolute atomic E-state index is 12.2. The Kier molecular flexibility index (Phi) is 4.19. The van der Waals surface area contributed by atoms with Gasteiger partial charge in [-0.15, -0.1) is 17.9 Å². The minimum atomic E-state index is -1.03. The van der Waals surface area contributed by atoms with E-state index in [1.54, 1.807) is 0 Å². The van der Waals surface area contributed by atoms with Crippen LogP contribution in [-0.2, 0) is 16.0 Å². The van der Waals surface area contributed by atoms with Crippen LogP contribution in [0.2, 0.25) is 0 Å². The maximum atomic E-state index is 12.2. The van der Waals surface area contributed by atoms with E-state index >= 15 is 0 Å². The molecular weight excluding hydrogens is 278 g/mol. The van der Waals surface area contributed by atoms with Crippen molar-refractivity contribution >= 4 is 28.2 Å². The predicted octanol–water partition coefficient (Wildman–Crippen LogP) is 1.35. The summed E-state index contributed by atoms with van der Waals surface area (Å²) in [6.07, 6.45) is 3.53. The van der Waals surface area contributed by atoms with Gasteiger partial charge in [-0.2, -0.15) is 0 Å². The Bertz CT molecular complexity index is 659. The maximum Gasteiger partial charge on any atom is 0.323 e. The number of aryl methyl sites for hydroxylation is 1. The van der Waals surface area contributed by atoms with E-state index in [1.807, 2.05) is 22.9 Å². The number of thiazole rings is 1. The normalized spacial score (nSPS) is 10.7. The Morgan fingerprint density at radius 1 is 1.60 bits per heavy atom. The smallest absolute Gasteiger partial charge is 0.323 e. The molecular formula is C13H15N3O3S. The summed E-state index contributed by atoms with van der Waals surface area (Å²) in [7, 11) is 0. The molecule has 7 heteroatoms. The zero-order chi connectivity index (χ0) is 14.7. The number of imidazole rings is 1. The molecule has 0 unspecified atom stereocenters. The Labute approximate surface area is 120 Å². The first kappa shape index (κ1) is 14.3. The highest BCUT2D eigenvalue weighted by atomic mass is 32.1. The molecule has 0 fully saturated rings. The molecule has 0 aliphatic rings. The lowest BCUT2D eigenvalue weighted by Crippen LogP contribution is -2.36. The third-order valence-electron chi connectivity index (χ3n) is 2.76. The fourth-order valence-corrected chi connectivity index (χ4v) is 2.83. The van der Waals surface area contributed by atoms with Gasteiger partial charge in [0.05, 0.1) is 12.1 Å². The van der Waals surface area contributed by atoms with Crippen molar-refractivity contribution < 1.29 is 14.7 Å². The van der Waals surface area contributed by atoms with Gasteiger partial charge in [0.2, 0.25) is 5.91 Å². The topological polar surface area (TPSA) is 74.9 Å². The first-order valence-corrected chi connectivity index (χ1v) is 6.91. The first-order chi connectivity index (χ1) is 9.51. The molecule has 20 heavy (non-hydrogen) atoms. The van der Waals surface area contributed by atoms with Crippen LogP contribution in [0.4, 0.5) is 0 Å². The molecule has 2 aromatic heterocycles. The highest BCUT2D eigenvalue weighted by Gasteiger charge is 2.18. The minimum absolute atomic E-state index is 0.150. The molecule has 0 aliphatic heterocycles. The van der Waals surface area contributed by atoms with Gasteiger partial charge < -0.3 is 10.0 Å². The number of nitrogens with zero attached hydrogens (tertiary/aromatic N) is 3. The lowest BCUT2D eigenvalue weighted by molar-refractivity contribution is -0.143. The van der Waals surface area contributed by atoms with Crippen molar-refractivity contribution in [2.45, 2.75) is 13.3 Å². The van der Waals surface area contributed by atoms with Crippen molar-refractivity contribution in [3.8, 4) is 0 Å². The van der Waals surface area contributed by atoms with E-state index in [0.29, 0.717) is 0 Å². The van der Waals surface area contributed by atoms with Crippen LogP contribution in [0.3, 0.4) is 0 Å². The van der Waals surface area contributed by atoms with E-state index in [2.05, 4.69) is 11.6 Å². The second kappa shape index (κ2) is 5.87. The molecule has 0 saturated carbocycles. The van der Waals surface area contributed by atoms with Crippen molar-refractivity contribution in [3.05, 3.63) is 35.6 Å². The van der Waals surface area contributed by atoms with E-state index in [-0.39, 0.29) is 25.4 Å². The van der Waals surface area contributed by atoms with Crippen molar-refractivity contribution in [2.75, 3.05) is 13.1 Å². The molecule has 0 atom stereocenters. The lowest BCUT2D eigenvalue weighted by atomic mass is 10.3. The third kappa shape index (κ3) is 3.05. The summed E-state index contributed by atoms with van der Waals surface area (Å²) < 4.78 is 1.87. The fraction of sp³-hybridized carbons (Fsp3) is 0.308. The van der Waals surface area contributed by atoms with Crippen LogP contribution < -0.4 is 0 Å². The van der Waals surface area contributed by atoms with Gasteiger partial charge in [0.25, 0.3) is 0 Å². The van der Waals surface area contributed by atoms with Gasteiger partial charge in [0.1, 0.15) is 6.54 Å². The SMILES string of the molecule is C=CCN(CC(=O)O)C(=O)Cc1csc2nc(C)cn12. The number of amides is 1. The third-order valence-corrected chi connectivity index (χ3v) is 3.65. The number of aliphatic carboxylic acids is 1. The molecule has 0 saturated heterocycles. The molecule has 6 nitrogen and oxygen atoms in total. The van der Waals surface area contributed by atoms with Crippen molar-refractivity contribution in [1.82, 2.24) is 14.3 Å². The van der Waals surface area contributed by atoms with Gasteiger partial charge in [-0.05, 0) is 6.92 Å². The predicted molar refractivity (Wildman–Crippen MR) is 75.9 cm³/mol. The van der Waals surface area contributed by atoms with Crippen molar-refractivity contribution in [1.29, 1.82) is 0 Å². The highest BCUT2D eigenvalue weighted by molar-refractivity contribution is 7.15. The summed E-state index contributed by atoms with van der Waals surface area (Å²) in [5.74, 6) is -1.27. The van der Waals surface area contributed by atoms with Gasteiger partial charge in [0.15, 0.2) is 4.96 Å². The minimum Gasteiger partial charge on any atom is -0.480 e. The quantitative estimate of drug-likeness (QED) is 0.816. The first-order valence-electron chi connectivity index (χ1n) is 6.03. The molecule has 2 heterocycles. The number of carboxylic acid groups (broad SMARTS) is 1. The fourth-order valence-electron chi connectivity index (χ4n) is 1.91. The van der Waals surface area contributed by atoms with E-state index in [4.69, 9.17) is 5.11 Å². The van der Waals surface area contributed by atoms with Gasteiger partial charge in [0, 0.05) is 23.8 Å². The van der Waals surface area contributed by atoms with Crippen LogP contribution in [0.5, 0.6) is 0 Å². The van der Waals surface area contributed by atoms with Crippen LogP contribution >= 0.6 is 11.3 Å². The standard InChI is InChI=1S/C13H15N3O3S/c1-3-4-15(7-12(18)19)11(17)5-10-8-20-13-14-9(2)6-16(10)13/h3,6,8H,1,4-5,7H2,2H3,(H,18,19). The zero-order valence-corrected chi connectivity index (χ0v) is 11.9. The molecule has 0 radical (unpaired) electrons. The molecule has 2 aromatic rings. The molecule has 2 rings (SSSR count). The van der Waals surface area contributed by atoms with Crippen molar-refractivity contribution in [3.63, 3.8) is 0 Å². The second-order valence-corrected chi connectivity index (χ2v) is 5.23. The summed E-state index contributed by atoms with van der Waals surface area (Å²) in [5, 5.41) is 10.7. The van der Waals surface area contributed by atoms with Gasteiger partial charge >= 0.3 is 5.97 Å². The number of carbonyl (C=O) groups excluding carboxylic acids is 1. The molecule has 1 N–H and O–H groups in total. The largest absolute Gasteiger partial charge is 0.480 e. The number of hydrogen-bond donors (Lipinski definition) is 1. The molecule has 0 bridgehead atoms. The van der Waals surface area contributed by atoms with Gasteiger partial charge in [-0.3, -0.25) is 14.0 Å². The number of hydrogen-bond acceptors (Lipinski definition) is 4. The van der Waals surface area contributed by atoms with Crippen LogP contribution in [0, 0.1) is 6.92 Å². The Balaban J connectivity index is 2.16. The molecule has 106 valence electrons. The highest BCUT2D eigenvalue weighted by Crippen LogP contribution is 2.17. The van der Waals surface area contributed by atoms with Crippen molar-refractivity contribution in [2.24, 2.45) is 0 Å². The van der Waals surface area contributed by atoms with E-state index < -0.39 is 5.97 Å². The number of carbonyl (C=O) groups is 2. The number of carboxylic acids is 1. The Morgan fingerprint density at radius 2 is 2.35 bits per heavy atom. The molecule has 0 spiro atoms. The van der Waals surface area contributed by atoms with E-state index in [1.165, 1.54) is 22.3 Å². The molecule has 0 aliphatic carbocycles. The molecule has 0 aromatic carbocycles. The summed E-state index contributed by atoms with van der Waals surface area (Å²) in [6, 6.07) is 0. The number of aromatic nitrogens is 2. The second-order valence-electron chi connectivity index (χ2n) is 4.40. The average Bonchev–Trinajstić information content (AvgIpc) is 2.89. The monoisotopic (exact) mass is 293 g/mol. The summed E-state index contributed by atoms with van der Waals surface area (Å²) in [5.41, 5.74) is 1.70. The van der Waals surface area contributed by atoms with E-state index in [0.717, 1.165) is 16.3 Å². The van der Waals surface area contributed by atoms with E-state index in [9.17, 15) is 9.59 Å². The van der Waals surface area contributed by atoms with Crippen LogP contribution in [-0.4, -0.2) is 44.4 Å². The van der Waals surface area contributed by atoms with Crippen LogP contribution in [0.1, 0.15) is 11.4 Å². The van der Waals surface area contributed by atoms with Crippen LogP contribution in [0.25, 0.3) is 4.96 Å². The summed E-state index contributed by atoms with van der Waals surface area (Å²) in [4.78, 5) is 29.4. The summed E-state index contributed by atoms with van der Waals surface area (Å²) in [6.45, 7) is 5.33. The Hall–Kier alpha value is -2.15. The van der Waals surface area contributed by atoms with Gasteiger partial charge in [-0.1, -0.05) is 6.08 Å². The Morgan fingerprint density at radius 3 is 3.00 bits per heavy atom. The lowest BCUT2D eigenvalue weighted by Gasteiger charge is -2.18. The summed E-state index contributed by atoms with van der Waals surface area (Å²) >= 11 is 1.46. The zero-order valence-electron chi connectivity index (χ0n) is 11.1. The average molecular weight is 293 g/mol. The molecule has 1 amide bonds. The number of rotatable bonds is 6. The number of fused-ring (bicyclic) bond motifs is 1. The van der Waals surface area contributed by atoms with Crippen LogP contribution in [0.15, 0.2) is 24.2 Å². The van der Waals surface area contributed by atoms with Gasteiger partial charge in [-0.25, -0.2) is 4.98 Å².